The minimum Gasteiger partial charge on any atom is -0.487 e. The van der Waals surface area contributed by atoms with E-state index >= 15 is 0 Å². The number of fused-ring (bicyclic) bond motifs is 1. The first-order valence-electron chi connectivity index (χ1n) is 8.44. The minimum atomic E-state index is -4.44. The number of nitrogens with one attached hydrogen (secondary N) is 1. The van der Waals surface area contributed by atoms with E-state index in [9.17, 15) is 13.2 Å². The van der Waals surface area contributed by atoms with Crippen molar-refractivity contribution in [3.05, 3.63) is 82.9 Å². The predicted octanol–water partition coefficient (Wildman–Crippen LogP) is 6.90. The number of imidazole rings is 1. The van der Waals surface area contributed by atoms with Crippen LogP contribution in [-0.4, -0.2) is 9.97 Å². The number of halogens is 5. The smallest absolute Gasteiger partial charge is 0.416 e. The monoisotopic (exact) mass is 438 g/mol. The molecule has 0 unspecified atom stereocenters. The summed E-state index contributed by atoms with van der Waals surface area (Å²) in [4.78, 5) is 7.72. The molecule has 0 radical (unpaired) electrons. The van der Waals surface area contributed by atoms with E-state index < -0.39 is 11.7 Å². The summed E-state index contributed by atoms with van der Waals surface area (Å²) in [7, 11) is 0. The Morgan fingerprint density at radius 3 is 2.45 bits per heavy atom. The van der Waals surface area contributed by atoms with Gasteiger partial charge in [0.2, 0.25) is 0 Å². The van der Waals surface area contributed by atoms with Crippen molar-refractivity contribution in [3.8, 4) is 17.1 Å². The topological polar surface area (TPSA) is 37.9 Å². The molecule has 0 fully saturated rings. The molecular weight excluding hydrogens is 424 g/mol. The molecule has 3 aromatic carbocycles. The Morgan fingerprint density at radius 2 is 1.69 bits per heavy atom. The molecule has 0 saturated carbocycles. The summed E-state index contributed by atoms with van der Waals surface area (Å²) < 4.78 is 45.1. The van der Waals surface area contributed by atoms with E-state index in [1.165, 1.54) is 12.1 Å². The highest BCUT2D eigenvalue weighted by atomic mass is 35.5. The van der Waals surface area contributed by atoms with E-state index in [1.54, 1.807) is 24.3 Å². The van der Waals surface area contributed by atoms with Gasteiger partial charge in [0.05, 0.1) is 21.6 Å². The summed E-state index contributed by atoms with van der Waals surface area (Å²) in [6, 6.07) is 18.0. The number of alkyl halides is 3. The Morgan fingerprint density at radius 1 is 0.966 bits per heavy atom. The fourth-order valence-electron chi connectivity index (χ4n) is 2.93. The Hall–Kier alpha value is -2.70. The molecule has 8 heteroatoms. The number of nitrogens with zero attached hydrogens (tertiary/aromatic N) is 1. The lowest BCUT2D eigenvalue weighted by atomic mass is 10.1. The van der Waals surface area contributed by atoms with Crippen molar-refractivity contribution in [1.29, 1.82) is 0 Å². The Balaban J connectivity index is 0.00000240. The van der Waals surface area contributed by atoms with Crippen molar-refractivity contribution in [1.82, 2.24) is 9.97 Å². The van der Waals surface area contributed by atoms with Crippen LogP contribution in [0.3, 0.4) is 0 Å². The second-order valence-electron chi connectivity index (χ2n) is 6.19. The molecule has 0 spiro atoms. The maximum atomic E-state index is 13.1. The largest absolute Gasteiger partial charge is 0.487 e. The number of rotatable bonds is 4. The van der Waals surface area contributed by atoms with E-state index in [4.69, 9.17) is 16.3 Å². The number of hydrogen-bond donors (Lipinski definition) is 1. The fraction of sp³-hybridized carbons (Fsp3) is 0.0952. The molecule has 0 amide bonds. The Bertz CT molecular complexity index is 1110. The van der Waals surface area contributed by atoms with Crippen molar-refractivity contribution in [3.63, 3.8) is 0 Å². The third-order valence-electron chi connectivity index (χ3n) is 4.30. The van der Waals surface area contributed by atoms with Crippen LogP contribution in [0.2, 0.25) is 5.02 Å². The standard InChI is InChI=1S/C21H14ClF3N2O.ClH/c22-16-10-9-13(20-26-17-7-3-4-8-18(17)27-20)11-19(16)28-12-14-5-1-2-6-15(14)21(23,24)25;/h1-11H,12H2,(H,26,27);1H. The van der Waals surface area contributed by atoms with Gasteiger partial charge in [0.25, 0.3) is 0 Å². The highest BCUT2D eigenvalue weighted by Gasteiger charge is 2.33. The van der Waals surface area contributed by atoms with Crippen LogP contribution in [-0.2, 0) is 12.8 Å². The van der Waals surface area contributed by atoms with Gasteiger partial charge in [-0.15, -0.1) is 12.4 Å². The summed E-state index contributed by atoms with van der Waals surface area (Å²) in [5.74, 6) is 0.912. The van der Waals surface area contributed by atoms with E-state index in [0.717, 1.165) is 22.7 Å². The molecular formula is C21H15Cl2F3N2O. The molecule has 3 nitrogen and oxygen atoms in total. The molecule has 0 aliphatic carbocycles. The number of ether oxygens (including phenoxy) is 1. The van der Waals surface area contributed by atoms with Gasteiger partial charge in [-0.1, -0.05) is 41.9 Å². The van der Waals surface area contributed by atoms with Crippen LogP contribution in [0.15, 0.2) is 66.7 Å². The van der Waals surface area contributed by atoms with Crippen LogP contribution in [0.25, 0.3) is 22.4 Å². The first-order valence-corrected chi connectivity index (χ1v) is 8.82. The maximum absolute atomic E-state index is 13.1. The molecule has 1 heterocycles. The van der Waals surface area contributed by atoms with Crippen molar-refractivity contribution in [2.45, 2.75) is 12.8 Å². The molecule has 4 rings (SSSR count). The van der Waals surface area contributed by atoms with Gasteiger partial charge in [0, 0.05) is 11.1 Å². The Kier molecular flexibility index (Phi) is 6.05. The molecule has 1 aromatic heterocycles. The summed E-state index contributed by atoms with van der Waals surface area (Å²) in [5.41, 5.74) is 1.74. The quantitative estimate of drug-likeness (QED) is 0.376. The van der Waals surface area contributed by atoms with Gasteiger partial charge < -0.3 is 9.72 Å². The van der Waals surface area contributed by atoms with Gasteiger partial charge in [-0.2, -0.15) is 13.2 Å². The van der Waals surface area contributed by atoms with Crippen molar-refractivity contribution in [2.24, 2.45) is 0 Å². The lowest BCUT2D eigenvalue weighted by Gasteiger charge is -2.14. The lowest BCUT2D eigenvalue weighted by molar-refractivity contribution is -0.138. The molecule has 0 aliphatic heterocycles. The Labute approximate surface area is 175 Å². The predicted molar refractivity (Wildman–Crippen MR) is 110 cm³/mol. The average molecular weight is 439 g/mol. The SMILES string of the molecule is Cl.FC(F)(F)c1ccccc1COc1cc(-c2nc3ccccc3[nH]2)ccc1Cl. The maximum Gasteiger partial charge on any atom is 0.416 e. The highest BCUT2D eigenvalue weighted by Crippen LogP contribution is 2.34. The summed E-state index contributed by atoms with van der Waals surface area (Å²) in [5, 5.41) is 0.310. The average Bonchev–Trinajstić information content (AvgIpc) is 3.11. The van der Waals surface area contributed by atoms with Gasteiger partial charge in [-0.05, 0) is 36.4 Å². The second kappa shape index (κ2) is 8.35. The molecule has 1 N–H and O–H groups in total. The third-order valence-corrected chi connectivity index (χ3v) is 4.61. The highest BCUT2D eigenvalue weighted by molar-refractivity contribution is 6.32. The van der Waals surface area contributed by atoms with E-state index in [1.807, 2.05) is 24.3 Å². The molecule has 0 bridgehead atoms. The number of aromatic nitrogens is 2. The zero-order valence-electron chi connectivity index (χ0n) is 14.8. The lowest BCUT2D eigenvalue weighted by Crippen LogP contribution is -2.10. The molecule has 150 valence electrons. The van der Waals surface area contributed by atoms with Crippen LogP contribution >= 0.6 is 24.0 Å². The molecule has 0 aliphatic rings. The van der Waals surface area contributed by atoms with Gasteiger partial charge in [-0.25, -0.2) is 4.98 Å². The van der Waals surface area contributed by atoms with E-state index in [2.05, 4.69) is 9.97 Å². The van der Waals surface area contributed by atoms with Gasteiger partial charge in [0.15, 0.2) is 0 Å². The summed E-state index contributed by atoms with van der Waals surface area (Å²) >= 11 is 6.18. The van der Waals surface area contributed by atoms with Crippen molar-refractivity contribution < 1.29 is 17.9 Å². The normalized spacial score (nSPS) is 11.3. The second-order valence-corrected chi connectivity index (χ2v) is 6.60. The minimum absolute atomic E-state index is 0. The van der Waals surface area contributed by atoms with Crippen LogP contribution in [0.4, 0.5) is 13.2 Å². The zero-order chi connectivity index (χ0) is 19.7. The third kappa shape index (κ3) is 4.49. The number of benzene rings is 3. The zero-order valence-corrected chi connectivity index (χ0v) is 16.4. The summed E-state index contributed by atoms with van der Waals surface area (Å²) in [6.45, 7) is -0.251. The number of para-hydroxylation sites is 2. The van der Waals surface area contributed by atoms with Crippen molar-refractivity contribution in [2.75, 3.05) is 0 Å². The summed E-state index contributed by atoms with van der Waals surface area (Å²) in [6.07, 6.45) is -4.44. The van der Waals surface area contributed by atoms with Gasteiger partial charge in [-0.3, -0.25) is 0 Å². The van der Waals surface area contributed by atoms with Crippen LogP contribution < -0.4 is 4.74 Å². The van der Waals surface area contributed by atoms with E-state index in [-0.39, 0.29) is 30.3 Å². The van der Waals surface area contributed by atoms with Crippen LogP contribution in [0, 0.1) is 0 Å². The first kappa shape index (κ1) is 21.0. The van der Waals surface area contributed by atoms with Crippen molar-refractivity contribution >= 4 is 35.0 Å². The van der Waals surface area contributed by atoms with Crippen LogP contribution in [0.1, 0.15) is 11.1 Å². The molecule has 4 aromatic rings. The molecule has 0 atom stereocenters. The molecule has 29 heavy (non-hydrogen) atoms. The van der Waals surface area contributed by atoms with Gasteiger partial charge in [0.1, 0.15) is 18.2 Å². The fourth-order valence-corrected chi connectivity index (χ4v) is 3.10. The molecule has 0 saturated heterocycles. The first-order chi connectivity index (χ1) is 13.4. The van der Waals surface area contributed by atoms with Crippen LogP contribution in [0.5, 0.6) is 5.75 Å². The van der Waals surface area contributed by atoms with Gasteiger partial charge >= 0.3 is 6.18 Å². The number of hydrogen-bond acceptors (Lipinski definition) is 2. The number of H-pyrrole nitrogens is 1. The number of aromatic amines is 1. The van der Waals surface area contributed by atoms with E-state index in [0.29, 0.717) is 10.8 Å².